The quantitative estimate of drug-likeness (QED) is 0.645. The number of aliphatic hydroxyl groups excluding tert-OH is 1. The van der Waals surface area contributed by atoms with Gasteiger partial charge < -0.3 is 5.11 Å². The van der Waals surface area contributed by atoms with Crippen LogP contribution >= 0.6 is 0 Å². The maximum Gasteiger partial charge on any atom is 0.272 e. The Kier molecular flexibility index (Phi) is 4.84. The van der Waals surface area contributed by atoms with E-state index in [9.17, 15) is 15.2 Å². The molecular weight excluding hydrogens is 230 g/mol. The van der Waals surface area contributed by atoms with Crippen LogP contribution in [-0.4, -0.2) is 16.1 Å². The summed E-state index contributed by atoms with van der Waals surface area (Å²) in [5, 5.41) is 20.7. The Labute approximate surface area is 108 Å². The highest BCUT2D eigenvalue weighted by Gasteiger charge is 2.21. The Morgan fingerprint density at radius 3 is 2.50 bits per heavy atom. The Morgan fingerprint density at radius 1 is 1.33 bits per heavy atom. The van der Waals surface area contributed by atoms with Crippen LogP contribution in [0.25, 0.3) is 0 Å². The zero-order valence-corrected chi connectivity index (χ0v) is 11.2. The van der Waals surface area contributed by atoms with E-state index in [1.54, 1.807) is 12.1 Å². The number of benzene rings is 1. The first-order valence-corrected chi connectivity index (χ1v) is 6.22. The summed E-state index contributed by atoms with van der Waals surface area (Å²) >= 11 is 0. The van der Waals surface area contributed by atoms with Crippen LogP contribution < -0.4 is 0 Å². The van der Waals surface area contributed by atoms with Crippen molar-refractivity contribution in [3.8, 4) is 0 Å². The molecule has 0 aliphatic carbocycles. The fourth-order valence-corrected chi connectivity index (χ4v) is 1.82. The van der Waals surface area contributed by atoms with E-state index in [4.69, 9.17) is 0 Å². The summed E-state index contributed by atoms with van der Waals surface area (Å²) in [6, 6.07) is 6.78. The Bertz CT molecular complexity index is 410. The summed E-state index contributed by atoms with van der Waals surface area (Å²) in [6.45, 7) is 5.97. The maximum absolute atomic E-state index is 10.8. The lowest BCUT2D eigenvalue weighted by atomic mass is 9.86. The predicted octanol–water partition coefficient (Wildman–Crippen LogP) is 3.32. The van der Waals surface area contributed by atoms with Gasteiger partial charge in [-0.15, -0.1) is 0 Å². The van der Waals surface area contributed by atoms with Crippen molar-refractivity contribution in [1.82, 2.24) is 0 Å². The van der Waals surface area contributed by atoms with Gasteiger partial charge in [0, 0.05) is 11.6 Å². The average Bonchev–Trinajstić information content (AvgIpc) is 2.28. The first-order valence-electron chi connectivity index (χ1n) is 6.22. The molecule has 0 amide bonds. The molecule has 0 bridgehead atoms. The minimum Gasteiger partial charge on any atom is -0.393 e. The summed E-state index contributed by atoms with van der Waals surface area (Å²) in [5.74, 6) is 0. The number of nitro benzene ring substituents is 1. The van der Waals surface area contributed by atoms with Gasteiger partial charge in [-0.05, 0) is 24.7 Å². The summed E-state index contributed by atoms with van der Waals surface area (Å²) in [6.07, 6.45) is 1.67. The molecule has 18 heavy (non-hydrogen) atoms. The zero-order chi connectivity index (χ0) is 13.8. The third kappa shape index (κ3) is 4.11. The highest BCUT2D eigenvalue weighted by Crippen LogP contribution is 2.25. The van der Waals surface area contributed by atoms with Crippen LogP contribution in [0.5, 0.6) is 0 Å². The van der Waals surface area contributed by atoms with Crippen molar-refractivity contribution >= 4 is 5.69 Å². The molecule has 1 aromatic carbocycles. The van der Waals surface area contributed by atoms with Crippen molar-refractivity contribution in [2.24, 2.45) is 5.41 Å². The van der Waals surface area contributed by atoms with Crippen molar-refractivity contribution in [3.05, 3.63) is 39.9 Å². The molecule has 1 unspecified atom stereocenters. The van der Waals surface area contributed by atoms with E-state index < -0.39 is 0 Å². The van der Waals surface area contributed by atoms with Gasteiger partial charge in [0.15, 0.2) is 0 Å². The minimum atomic E-state index is -0.375. The molecule has 1 rings (SSSR count). The van der Waals surface area contributed by atoms with Crippen LogP contribution in [0.1, 0.15) is 39.2 Å². The molecule has 0 saturated heterocycles. The average molecular weight is 251 g/mol. The Hall–Kier alpha value is -1.42. The van der Waals surface area contributed by atoms with Gasteiger partial charge in [0.05, 0.1) is 11.0 Å². The van der Waals surface area contributed by atoms with Gasteiger partial charge in [0.2, 0.25) is 0 Å². The number of aliphatic hydroxyl groups is 1. The van der Waals surface area contributed by atoms with E-state index in [1.165, 1.54) is 6.07 Å². The first kappa shape index (κ1) is 14.6. The summed E-state index contributed by atoms with van der Waals surface area (Å²) in [4.78, 5) is 10.5. The second kappa shape index (κ2) is 5.96. The number of rotatable bonds is 5. The lowest BCUT2D eigenvalue weighted by Gasteiger charge is -2.25. The minimum absolute atomic E-state index is 0.136. The molecular formula is C14H21NO3. The van der Waals surface area contributed by atoms with Gasteiger partial charge in [-0.2, -0.15) is 0 Å². The lowest BCUT2D eigenvalue weighted by Crippen LogP contribution is -2.25. The normalized spacial score (nSPS) is 13.3. The lowest BCUT2D eigenvalue weighted by molar-refractivity contribution is -0.385. The molecule has 0 aromatic heterocycles. The molecule has 0 aliphatic rings. The number of hydrogen-bond donors (Lipinski definition) is 1. The summed E-state index contributed by atoms with van der Waals surface area (Å²) in [5.41, 5.74) is 0.772. The van der Waals surface area contributed by atoms with Crippen molar-refractivity contribution < 1.29 is 10.0 Å². The van der Waals surface area contributed by atoms with E-state index in [-0.39, 0.29) is 22.1 Å². The van der Waals surface area contributed by atoms with Gasteiger partial charge in [-0.3, -0.25) is 10.1 Å². The molecule has 4 heteroatoms. The Balaban J connectivity index is 2.57. The van der Waals surface area contributed by atoms with Crippen LogP contribution in [-0.2, 0) is 6.42 Å². The van der Waals surface area contributed by atoms with E-state index in [1.807, 2.05) is 26.8 Å². The van der Waals surface area contributed by atoms with Crippen molar-refractivity contribution in [1.29, 1.82) is 0 Å². The van der Waals surface area contributed by atoms with Crippen LogP contribution in [0.2, 0.25) is 0 Å². The standard InChI is InChI=1S/C14H21NO3/c1-14(2,3)13(16)10-6-8-11-7-4-5-9-12(11)15(17)18/h4-5,7,9,13,16H,6,8,10H2,1-3H3. The second-order valence-corrected chi connectivity index (χ2v) is 5.66. The van der Waals surface area contributed by atoms with Gasteiger partial charge >= 0.3 is 0 Å². The van der Waals surface area contributed by atoms with E-state index >= 15 is 0 Å². The van der Waals surface area contributed by atoms with Crippen LogP contribution in [0.15, 0.2) is 24.3 Å². The van der Waals surface area contributed by atoms with Gasteiger partial charge in [-0.1, -0.05) is 39.0 Å². The molecule has 0 heterocycles. The largest absolute Gasteiger partial charge is 0.393 e. The molecule has 0 aliphatic heterocycles. The van der Waals surface area contributed by atoms with Crippen LogP contribution in [0.3, 0.4) is 0 Å². The van der Waals surface area contributed by atoms with E-state index in [2.05, 4.69) is 0 Å². The second-order valence-electron chi connectivity index (χ2n) is 5.66. The molecule has 1 aromatic rings. The number of para-hydroxylation sites is 1. The first-order chi connectivity index (χ1) is 8.32. The highest BCUT2D eigenvalue weighted by molar-refractivity contribution is 5.39. The predicted molar refractivity (Wildman–Crippen MR) is 71.5 cm³/mol. The smallest absolute Gasteiger partial charge is 0.272 e. The molecule has 4 nitrogen and oxygen atoms in total. The van der Waals surface area contributed by atoms with Crippen molar-refractivity contribution in [2.45, 2.75) is 46.1 Å². The molecule has 0 radical (unpaired) electrons. The van der Waals surface area contributed by atoms with Crippen molar-refractivity contribution in [3.63, 3.8) is 0 Å². The third-order valence-electron chi connectivity index (χ3n) is 3.11. The van der Waals surface area contributed by atoms with Crippen molar-refractivity contribution in [2.75, 3.05) is 0 Å². The van der Waals surface area contributed by atoms with Gasteiger partial charge in [0.1, 0.15) is 0 Å². The van der Waals surface area contributed by atoms with Crippen LogP contribution in [0, 0.1) is 15.5 Å². The van der Waals surface area contributed by atoms with Gasteiger partial charge in [-0.25, -0.2) is 0 Å². The fourth-order valence-electron chi connectivity index (χ4n) is 1.82. The molecule has 1 N–H and O–H groups in total. The molecule has 0 spiro atoms. The number of nitrogens with zero attached hydrogens (tertiary/aromatic N) is 1. The number of aryl methyl sites for hydroxylation is 1. The maximum atomic E-state index is 10.8. The van der Waals surface area contributed by atoms with Gasteiger partial charge in [0.25, 0.3) is 5.69 Å². The molecule has 0 saturated carbocycles. The monoisotopic (exact) mass is 251 g/mol. The topological polar surface area (TPSA) is 63.4 Å². The molecule has 100 valence electrons. The zero-order valence-electron chi connectivity index (χ0n) is 11.2. The molecule has 0 fully saturated rings. The SMILES string of the molecule is CC(C)(C)C(O)CCCc1ccccc1[N+](=O)[O-]. The van der Waals surface area contributed by atoms with E-state index in [0.29, 0.717) is 12.8 Å². The van der Waals surface area contributed by atoms with Crippen LogP contribution in [0.4, 0.5) is 5.69 Å². The third-order valence-corrected chi connectivity index (χ3v) is 3.11. The molecule has 1 atom stereocenters. The summed E-state index contributed by atoms with van der Waals surface area (Å²) < 4.78 is 0. The highest BCUT2D eigenvalue weighted by atomic mass is 16.6. The summed E-state index contributed by atoms with van der Waals surface area (Å²) in [7, 11) is 0. The fraction of sp³-hybridized carbons (Fsp3) is 0.571. The number of hydrogen-bond acceptors (Lipinski definition) is 3. The number of nitro groups is 1. The van der Waals surface area contributed by atoms with E-state index in [0.717, 1.165) is 12.0 Å². The Morgan fingerprint density at radius 2 is 1.94 bits per heavy atom.